The maximum absolute atomic E-state index is 4.97. The average molecular weight is 250 g/mol. The quantitative estimate of drug-likeness (QED) is 0.867. The smallest absolute Gasteiger partial charge is 0.114 e. The molecule has 1 heterocycles. The lowest BCUT2D eigenvalue weighted by Gasteiger charge is -2.31. The Hall–Kier alpha value is -0.410. The van der Waals surface area contributed by atoms with Crippen molar-refractivity contribution in [3.63, 3.8) is 0 Å². The van der Waals surface area contributed by atoms with Crippen molar-refractivity contribution in [3.8, 4) is 0 Å². The molecule has 0 spiro atoms. The number of nitrogens with zero attached hydrogens (tertiary/aromatic N) is 1. The summed E-state index contributed by atoms with van der Waals surface area (Å²) in [5.41, 5.74) is 1.60. The number of hydrogen-bond donors (Lipinski definition) is 1. The lowest BCUT2D eigenvalue weighted by Crippen LogP contribution is -2.42. The first-order chi connectivity index (χ1) is 8.30. The minimum absolute atomic E-state index is 0.198. The van der Waals surface area contributed by atoms with Gasteiger partial charge in [-0.2, -0.15) is 0 Å². The molecule has 1 saturated carbocycles. The summed E-state index contributed by atoms with van der Waals surface area (Å²) in [7, 11) is 2.13. The molecular weight excluding hydrogens is 228 g/mol. The van der Waals surface area contributed by atoms with Crippen LogP contribution in [-0.2, 0) is 18.4 Å². The molecule has 0 amide bonds. The molecule has 1 unspecified atom stereocenters. The molecule has 1 aromatic heterocycles. The van der Waals surface area contributed by atoms with Gasteiger partial charge in [-0.25, -0.2) is 4.98 Å². The minimum Gasteiger partial charge on any atom is -0.308 e. The van der Waals surface area contributed by atoms with Crippen molar-refractivity contribution in [3.05, 3.63) is 15.6 Å². The zero-order valence-corrected chi connectivity index (χ0v) is 11.7. The van der Waals surface area contributed by atoms with Crippen LogP contribution in [0.5, 0.6) is 0 Å². The fourth-order valence-electron chi connectivity index (χ4n) is 3.27. The highest BCUT2D eigenvalue weighted by Crippen LogP contribution is 2.50. The standard InChI is InChI=1S/C14H22N2S/c1-3-9-14(15-2,10-7-8-10)13-16-11-5-4-6-12(11)17-13/h10,15H,3-9H2,1-2H3. The Morgan fingerprint density at radius 1 is 1.41 bits per heavy atom. The predicted octanol–water partition coefficient (Wildman–Crippen LogP) is 3.26. The summed E-state index contributed by atoms with van der Waals surface area (Å²) in [5, 5.41) is 5.01. The number of aryl methyl sites for hydroxylation is 2. The van der Waals surface area contributed by atoms with Crippen molar-refractivity contribution < 1.29 is 0 Å². The van der Waals surface area contributed by atoms with E-state index in [4.69, 9.17) is 4.98 Å². The van der Waals surface area contributed by atoms with Gasteiger partial charge in [-0.05, 0) is 51.5 Å². The van der Waals surface area contributed by atoms with Gasteiger partial charge >= 0.3 is 0 Å². The van der Waals surface area contributed by atoms with Crippen LogP contribution in [0.15, 0.2) is 0 Å². The second kappa shape index (κ2) is 4.36. The number of rotatable bonds is 5. The van der Waals surface area contributed by atoms with Gasteiger partial charge < -0.3 is 5.32 Å². The van der Waals surface area contributed by atoms with Gasteiger partial charge in [0.25, 0.3) is 0 Å². The monoisotopic (exact) mass is 250 g/mol. The molecule has 1 fully saturated rings. The van der Waals surface area contributed by atoms with Crippen LogP contribution in [0.3, 0.4) is 0 Å². The zero-order valence-electron chi connectivity index (χ0n) is 10.9. The molecule has 3 rings (SSSR count). The molecule has 17 heavy (non-hydrogen) atoms. The molecule has 1 N–H and O–H groups in total. The van der Waals surface area contributed by atoms with E-state index in [0.717, 1.165) is 5.92 Å². The second-order valence-electron chi connectivity index (χ2n) is 5.49. The van der Waals surface area contributed by atoms with Gasteiger partial charge in [0, 0.05) is 4.88 Å². The van der Waals surface area contributed by atoms with Crippen LogP contribution in [0.25, 0.3) is 0 Å². The van der Waals surface area contributed by atoms with Crippen molar-refractivity contribution in [2.75, 3.05) is 7.05 Å². The number of fused-ring (bicyclic) bond motifs is 1. The van der Waals surface area contributed by atoms with Crippen LogP contribution in [0.1, 0.15) is 54.6 Å². The Balaban J connectivity index is 1.96. The normalized spacial score (nSPS) is 22.5. The molecule has 0 aromatic carbocycles. The molecule has 3 heteroatoms. The molecule has 2 nitrogen and oxygen atoms in total. The van der Waals surface area contributed by atoms with Gasteiger partial charge in [0.1, 0.15) is 5.01 Å². The van der Waals surface area contributed by atoms with Gasteiger partial charge in [0.15, 0.2) is 0 Å². The third-order valence-electron chi connectivity index (χ3n) is 4.34. The van der Waals surface area contributed by atoms with E-state index in [1.807, 2.05) is 11.3 Å². The molecule has 1 aromatic rings. The van der Waals surface area contributed by atoms with Crippen molar-refractivity contribution in [2.45, 2.75) is 57.4 Å². The van der Waals surface area contributed by atoms with Gasteiger partial charge in [0.05, 0.1) is 11.2 Å². The lowest BCUT2D eigenvalue weighted by atomic mass is 9.89. The van der Waals surface area contributed by atoms with E-state index in [1.54, 1.807) is 4.88 Å². The van der Waals surface area contributed by atoms with E-state index < -0.39 is 0 Å². The second-order valence-corrected chi connectivity index (χ2v) is 6.57. The summed E-state index contributed by atoms with van der Waals surface area (Å²) in [6, 6.07) is 0. The molecule has 0 saturated heterocycles. The van der Waals surface area contributed by atoms with Crippen molar-refractivity contribution in [2.24, 2.45) is 5.92 Å². The highest BCUT2D eigenvalue weighted by Gasteiger charge is 2.47. The number of hydrogen-bond acceptors (Lipinski definition) is 3. The summed E-state index contributed by atoms with van der Waals surface area (Å²) in [5.74, 6) is 0.832. The predicted molar refractivity (Wildman–Crippen MR) is 72.5 cm³/mol. The maximum Gasteiger partial charge on any atom is 0.114 e. The Morgan fingerprint density at radius 3 is 2.82 bits per heavy atom. The van der Waals surface area contributed by atoms with E-state index in [-0.39, 0.29) is 5.54 Å². The third-order valence-corrected chi connectivity index (χ3v) is 5.68. The molecule has 2 aliphatic carbocycles. The first-order valence-electron chi connectivity index (χ1n) is 6.98. The molecule has 0 radical (unpaired) electrons. The van der Waals surface area contributed by atoms with Crippen LogP contribution >= 0.6 is 11.3 Å². The van der Waals surface area contributed by atoms with E-state index >= 15 is 0 Å². The van der Waals surface area contributed by atoms with Gasteiger partial charge in [-0.15, -0.1) is 11.3 Å². The molecule has 1 atom stereocenters. The van der Waals surface area contributed by atoms with Crippen LogP contribution in [0.4, 0.5) is 0 Å². The summed E-state index contributed by atoms with van der Waals surface area (Å²) in [6.07, 6.45) is 9.03. The highest BCUT2D eigenvalue weighted by atomic mass is 32.1. The number of aromatic nitrogens is 1. The molecule has 0 bridgehead atoms. The molecule has 0 aliphatic heterocycles. The Morgan fingerprint density at radius 2 is 2.24 bits per heavy atom. The molecular formula is C14H22N2S. The van der Waals surface area contributed by atoms with Crippen LogP contribution < -0.4 is 5.32 Å². The fraction of sp³-hybridized carbons (Fsp3) is 0.786. The first kappa shape index (κ1) is 11.7. The summed E-state index contributed by atoms with van der Waals surface area (Å²) >= 11 is 1.99. The largest absolute Gasteiger partial charge is 0.308 e. The maximum atomic E-state index is 4.97. The van der Waals surface area contributed by atoms with E-state index in [1.165, 1.54) is 55.6 Å². The Kier molecular flexibility index (Phi) is 2.99. The van der Waals surface area contributed by atoms with Crippen LogP contribution in [0.2, 0.25) is 0 Å². The fourth-order valence-corrected chi connectivity index (χ4v) is 4.73. The van der Waals surface area contributed by atoms with Crippen LogP contribution in [-0.4, -0.2) is 12.0 Å². The van der Waals surface area contributed by atoms with E-state index in [0.29, 0.717) is 0 Å². The summed E-state index contributed by atoms with van der Waals surface area (Å²) < 4.78 is 0. The van der Waals surface area contributed by atoms with E-state index in [9.17, 15) is 0 Å². The zero-order chi connectivity index (χ0) is 11.9. The molecule has 2 aliphatic rings. The topological polar surface area (TPSA) is 24.9 Å². The Labute approximate surface area is 108 Å². The SMILES string of the molecule is CCCC(NC)(c1nc2c(s1)CCC2)C1CC1. The van der Waals surface area contributed by atoms with Gasteiger partial charge in [0.2, 0.25) is 0 Å². The third kappa shape index (κ3) is 1.84. The molecule has 94 valence electrons. The number of nitrogens with one attached hydrogen (secondary N) is 1. The van der Waals surface area contributed by atoms with Crippen molar-refractivity contribution in [1.29, 1.82) is 0 Å². The number of thiazole rings is 1. The van der Waals surface area contributed by atoms with Gasteiger partial charge in [-0.3, -0.25) is 0 Å². The summed E-state index contributed by atoms with van der Waals surface area (Å²) in [6.45, 7) is 2.29. The minimum atomic E-state index is 0.198. The van der Waals surface area contributed by atoms with E-state index in [2.05, 4.69) is 19.3 Å². The first-order valence-corrected chi connectivity index (χ1v) is 7.79. The van der Waals surface area contributed by atoms with Crippen molar-refractivity contribution >= 4 is 11.3 Å². The highest BCUT2D eigenvalue weighted by molar-refractivity contribution is 7.12. The Bertz CT molecular complexity index is 387. The lowest BCUT2D eigenvalue weighted by molar-refractivity contribution is 0.282. The van der Waals surface area contributed by atoms with Crippen LogP contribution in [0, 0.1) is 5.92 Å². The summed E-state index contributed by atoms with van der Waals surface area (Å²) in [4.78, 5) is 6.54. The average Bonchev–Trinajstić information content (AvgIpc) is 2.95. The van der Waals surface area contributed by atoms with Crippen molar-refractivity contribution in [1.82, 2.24) is 10.3 Å². The van der Waals surface area contributed by atoms with Gasteiger partial charge in [-0.1, -0.05) is 13.3 Å².